The Morgan fingerprint density at radius 2 is 1.00 bits per heavy atom. The summed E-state index contributed by atoms with van der Waals surface area (Å²) in [6.45, 7) is 0. The predicted octanol–water partition coefficient (Wildman–Crippen LogP) is 5.97. The molecule has 0 nitrogen and oxygen atoms in total. The Morgan fingerprint density at radius 3 is 1.38 bits per heavy atom. The van der Waals surface area contributed by atoms with Gasteiger partial charge >= 0.3 is 0 Å². The van der Waals surface area contributed by atoms with Crippen molar-refractivity contribution in [3.05, 3.63) is 56.3 Å². The van der Waals surface area contributed by atoms with E-state index in [0.29, 0.717) is 0 Å². The van der Waals surface area contributed by atoms with Gasteiger partial charge in [-0.25, -0.2) is 0 Å². The lowest BCUT2D eigenvalue weighted by atomic mass is 10.1. The van der Waals surface area contributed by atoms with Gasteiger partial charge in [-0.05, 0) is 35.3 Å². The lowest BCUT2D eigenvalue weighted by Gasteiger charge is -2.05. The monoisotopic (exact) mass is 296 g/mol. The van der Waals surface area contributed by atoms with Gasteiger partial charge in [0.25, 0.3) is 0 Å². The zero-order valence-corrected chi connectivity index (χ0v) is 10.5. The molecule has 2 aromatic carbocycles. The predicted molar refractivity (Wildman–Crippen MR) is 71.9 cm³/mol. The standard InChI is InChI=1S/C12H6Cl4/c13-9-3-1-7(5-11(9)15)8-2-4-10(14)12(16)6-8/h1-6H/i1D,2D,3D,4D,5D,6D. The fourth-order valence-electron chi connectivity index (χ4n) is 0.986. The van der Waals surface area contributed by atoms with Crippen LogP contribution in [0.5, 0.6) is 0 Å². The van der Waals surface area contributed by atoms with E-state index >= 15 is 0 Å². The summed E-state index contributed by atoms with van der Waals surface area (Å²) in [7, 11) is 0. The Labute approximate surface area is 122 Å². The van der Waals surface area contributed by atoms with Crippen LogP contribution in [-0.2, 0) is 0 Å². The molecular formula is C12H6Cl4. The summed E-state index contributed by atoms with van der Waals surface area (Å²) in [6.07, 6.45) is 0. The Balaban J connectivity index is 3.03. The van der Waals surface area contributed by atoms with Crippen molar-refractivity contribution in [1.82, 2.24) is 0 Å². The van der Waals surface area contributed by atoms with Crippen LogP contribution in [0.1, 0.15) is 8.22 Å². The second-order valence-corrected chi connectivity index (χ2v) is 4.27. The molecule has 0 spiro atoms. The molecule has 0 aliphatic heterocycles. The molecule has 0 bridgehead atoms. The van der Waals surface area contributed by atoms with Gasteiger partial charge < -0.3 is 0 Å². The van der Waals surface area contributed by atoms with Crippen molar-refractivity contribution in [2.45, 2.75) is 0 Å². The minimum atomic E-state index is -0.473. The maximum Gasteiger partial charge on any atom is 0.0646 e. The minimum Gasteiger partial charge on any atom is -0.0827 e. The Bertz CT molecular complexity index is 680. The summed E-state index contributed by atoms with van der Waals surface area (Å²) in [4.78, 5) is 0. The largest absolute Gasteiger partial charge is 0.0827 e. The van der Waals surface area contributed by atoms with Crippen LogP contribution in [0.3, 0.4) is 0 Å². The summed E-state index contributed by atoms with van der Waals surface area (Å²) in [6, 6.07) is -2.64. The number of halogens is 4. The summed E-state index contributed by atoms with van der Waals surface area (Å²) >= 11 is 23.3. The first-order valence-corrected chi connectivity index (χ1v) is 5.52. The molecule has 0 aliphatic carbocycles. The fourth-order valence-corrected chi connectivity index (χ4v) is 1.46. The van der Waals surface area contributed by atoms with E-state index in [1.165, 1.54) is 0 Å². The third kappa shape index (κ3) is 2.46. The normalized spacial score (nSPS) is 15.8. The molecule has 0 N–H and O–H groups in total. The zero-order chi connectivity index (χ0) is 16.9. The van der Waals surface area contributed by atoms with E-state index in [0.717, 1.165) is 0 Å². The molecule has 82 valence electrons. The average molecular weight is 298 g/mol. The average Bonchev–Trinajstić information content (AvgIpc) is 2.50. The lowest BCUT2D eigenvalue weighted by Crippen LogP contribution is -1.79. The highest BCUT2D eigenvalue weighted by Gasteiger charge is 2.04. The van der Waals surface area contributed by atoms with Gasteiger partial charge in [0.1, 0.15) is 0 Å². The topological polar surface area (TPSA) is 0 Å². The summed E-state index contributed by atoms with van der Waals surface area (Å²) in [5.41, 5.74) is -0.497. The second-order valence-electron chi connectivity index (χ2n) is 2.76. The van der Waals surface area contributed by atoms with Crippen molar-refractivity contribution >= 4 is 46.4 Å². The molecule has 0 amide bonds. The third-order valence-corrected chi connectivity index (χ3v) is 3.03. The van der Waals surface area contributed by atoms with Crippen LogP contribution in [0.2, 0.25) is 20.1 Å². The summed E-state index contributed by atoms with van der Waals surface area (Å²) < 4.78 is 47.3. The number of benzene rings is 2. The van der Waals surface area contributed by atoms with Gasteiger partial charge in [0.05, 0.1) is 28.3 Å². The van der Waals surface area contributed by atoms with Crippen LogP contribution in [0, 0.1) is 0 Å². The lowest BCUT2D eigenvalue weighted by molar-refractivity contribution is 1.61. The highest BCUT2D eigenvalue weighted by Crippen LogP contribution is 2.32. The van der Waals surface area contributed by atoms with Crippen molar-refractivity contribution in [2.75, 3.05) is 0 Å². The molecule has 0 fully saturated rings. The molecule has 16 heavy (non-hydrogen) atoms. The molecule has 0 heterocycles. The van der Waals surface area contributed by atoms with Crippen molar-refractivity contribution in [1.29, 1.82) is 0 Å². The SMILES string of the molecule is [2H]c1c([2H])c(-c2c([2H])c([2H])c(Cl)c(Cl)c2[2H])c([2H])c(Cl)c1Cl. The van der Waals surface area contributed by atoms with Crippen molar-refractivity contribution in [3.63, 3.8) is 0 Å². The number of hydrogen-bond donors (Lipinski definition) is 0. The number of rotatable bonds is 1. The molecule has 0 unspecified atom stereocenters. The summed E-state index contributed by atoms with van der Waals surface area (Å²) in [5, 5.41) is -1.06. The van der Waals surface area contributed by atoms with Crippen LogP contribution >= 0.6 is 46.4 Å². The second kappa shape index (κ2) is 4.85. The first-order chi connectivity index (χ1) is 10.1. The first kappa shape index (κ1) is 6.51. The van der Waals surface area contributed by atoms with Gasteiger partial charge in [-0.1, -0.05) is 58.5 Å². The molecule has 0 saturated carbocycles. The van der Waals surface area contributed by atoms with E-state index in [-0.39, 0.29) is 31.2 Å². The van der Waals surface area contributed by atoms with Crippen LogP contribution in [0.4, 0.5) is 0 Å². The van der Waals surface area contributed by atoms with Gasteiger partial charge in [0, 0.05) is 0 Å². The van der Waals surface area contributed by atoms with Gasteiger partial charge in [-0.2, -0.15) is 0 Å². The van der Waals surface area contributed by atoms with Gasteiger partial charge in [0.15, 0.2) is 0 Å². The van der Waals surface area contributed by atoms with Gasteiger partial charge in [-0.15, -0.1) is 0 Å². The maximum atomic E-state index is 7.98. The van der Waals surface area contributed by atoms with Gasteiger partial charge in [-0.3, -0.25) is 0 Å². The zero-order valence-electron chi connectivity index (χ0n) is 13.5. The highest BCUT2D eigenvalue weighted by molar-refractivity contribution is 6.42. The fraction of sp³-hybridized carbons (Fsp3) is 0. The van der Waals surface area contributed by atoms with Crippen molar-refractivity contribution < 1.29 is 8.22 Å². The maximum absolute atomic E-state index is 7.98. The van der Waals surface area contributed by atoms with E-state index < -0.39 is 36.3 Å². The van der Waals surface area contributed by atoms with Gasteiger partial charge in [0.2, 0.25) is 0 Å². The van der Waals surface area contributed by atoms with E-state index in [4.69, 9.17) is 54.6 Å². The molecule has 2 rings (SSSR count). The smallest absolute Gasteiger partial charge is 0.0646 e. The van der Waals surface area contributed by atoms with Crippen molar-refractivity contribution in [3.8, 4) is 11.1 Å². The van der Waals surface area contributed by atoms with Crippen LogP contribution < -0.4 is 0 Å². The molecule has 0 atom stereocenters. The van der Waals surface area contributed by atoms with Crippen LogP contribution in [0.25, 0.3) is 11.1 Å². The highest BCUT2D eigenvalue weighted by atomic mass is 35.5. The molecule has 0 aliphatic rings. The molecule has 2 aromatic rings. The van der Waals surface area contributed by atoms with Crippen LogP contribution in [0.15, 0.2) is 36.3 Å². The third-order valence-electron chi connectivity index (χ3n) is 1.70. The van der Waals surface area contributed by atoms with E-state index in [9.17, 15) is 0 Å². The molecule has 0 saturated heterocycles. The summed E-state index contributed by atoms with van der Waals surface area (Å²) in [5.74, 6) is 0. The van der Waals surface area contributed by atoms with Crippen LogP contribution in [-0.4, -0.2) is 0 Å². The number of hydrogen-bond acceptors (Lipinski definition) is 0. The first-order valence-electron chi connectivity index (χ1n) is 7.01. The Morgan fingerprint density at radius 1 is 0.625 bits per heavy atom. The molecule has 0 radical (unpaired) electrons. The Kier molecular flexibility index (Phi) is 1.97. The molecular weight excluding hydrogens is 286 g/mol. The van der Waals surface area contributed by atoms with E-state index in [2.05, 4.69) is 0 Å². The molecule has 4 heteroatoms. The minimum absolute atomic E-state index is 0.249. The Hall–Kier alpha value is -0.400. The van der Waals surface area contributed by atoms with Crippen molar-refractivity contribution in [2.24, 2.45) is 0 Å². The van der Waals surface area contributed by atoms with E-state index in [1.807, 2.05) is 0 Å². The van der Waals surface area contributed by atoms with E-state index in [1.54, 1.807) is 0 Å². The molecule has 0 aromatic heterocycles. The quantitative estimate of drug-likeness (QED) is 0.608.